The molecular formula is C17H29N3. The number of imidazole rings is 1. The van der Waals surface area contributed by atoms with Crippen molar-refractivity contribution < 1.29 is 0 Å². The molecule has 3 heteroatoms. The summed E-state index contributed by atoms with van der Waals surface area (Å²) in [6, 6.07) is 0. The fourth-order valence-electron chi connectivity index (χ4n) is 3.20. The maximum Gasteiger partial charge on any atom is 0.127 e. The second-order valence-corrected chi connectivity index (χ2v) is 7.31. The van der Waals surface area contributed by atoms with Crippen molar-refractivity contribution in [3.05, 3.63) is 24.2 Å². The van der Waals surface area contributed by atoms with Gasteiger partial charge in [0, 0.05) is 17.9 Å². The molecule has 0 aromatic carbocycles. The third-order valence-corrected chi connectivity index (χ3v) is 4.42. The zero-order chi connectivity index (χ0) is 14.9. The van der Waals surface area contributed by atoms with Gasteiger partial charge in [-0.05, 0) is 18.8 Å². The lowest BCUT2D eigenvalue weighted by molar-refractivity contribution is 0.344. The second kappa shape index (κ2) is 5.63. The van der Waals surface area contributed by atoms with E-state index in [2.05, 4.69) is 38.8 Å². The number of aromatic nitrogens is 2. The maximum atomic E-state index is 6.41. The lowest BCUT2D eigenvalue weighted by Crippen LogP contribution is -2.19. The molecule has 1 aromatic heterocycles. The highest BCUT2D eigenvalue weighted by atomic mass is 15.2. The lowest BCUT2D eigenvalue weighted by Gasteiger charge is -2.25. The summed E-state index contributed by atoms with van der Waals surface area (Å²) in [5, 5.41) is 0. The van der Waals surface area contributed by atoms with Gasteiger partial charge in [0.25, 0.3) is 0 Å². The van der Waals surface area contributed by atoms with Gasteiger partial charge in [-0.25, -0.2) is 4.98 Å². The number of hydrogen-bond donors (Lipinski definition) is 1. The molecule has 0 bridgehead atoms. The fraction of sp³-hybridized carbons (Fsp3) is 0.706. The number of nitrogen functional groups attached to an aromatic ring is 1. The number of nitrogens with two attached hydrogens (primary N) is 1. The van der Waals surface area contributed by atoms with E-state index in [4.69, 9.17) is 10.7 Å². The van der Waals surface area contributed by atoms with E-state index in [1.807, 2.05) is 6.08 Å². The van der Waals surface area contributed by atoms with Gasteiger partial charge in [-0.15, -0.1) is 6.58 Å². The van der Waals surface area contributed by atoms with E-state index < -0.39 is 0 Å². The first kappa shape index (κ1) is 15.1. The van der Waals surface area contributed by atoms with E-state index in [1.54, 1.807) is 0 Å². The zero-order valence-electron chi connectivity index (χ0n) is 13.4. The second-order valence-electron chi connectivity index (χ2n) is 7.31. The minimum absolute atomic E-state index is 0.0112. The van der Waals surface area contributed by atoms with Crippen molar-refractivity contribution in [3.63, 3.8) is 0 Å². The summed E-state index contributed by atoms with van der Waals surface area (Å²) >= 11 is 0. The molecule has 3 nitrogen and oxygen atoms in total. The van der Waals surface area contributed by atoms with Gasteiger partial charge in [0.15, 0.2) is 0 Å². The Balaban J connectivity index is 2.37. The van der Waals surface area contributed by atoms with Crippen LogP contribution < -0.4 is 5.73 Å². The van der Waals surface area contributed by atoms with E-state index in [1.165, 1.54) is 25.7 Å². The van der Waals surface area contributed by atoms with Gasteiger partial charge in [-0.1, -0.05) is 46.6 Å². The van der Waals surface area contributed by atoms with Crippen molar-refractivity contribution in [1.82, 2.24) is 9.55 Å². The third kappa shape index (κ3) is 2.92. The third-order valence-electron chi connectivity index (χ3n) is 4.42. The van der Waals surface area contributed by atoms with Crippen LogP contribution in [0.2, 0.25) is 0 Å². The molecule has 0 aliphatic heterocycles. The molecule has 1 saturated carbocycles. The fourth-order valence-corrected chi connectivity index (χ4v) is 3.20. The Morgan fingerprint density at radius 3 is 2.40 bits per heavy atom. The molecule has 1 aliphatic rings. The molecule has 0 radical (unpaired) electrons. The first-order valence-electron chi connectivity index (χ1n) is 7.81. The molecule has 2 rings (SSSR count). The predicted molar refractivity (Wildman–Crippen MR) is 85.9 cm³/mol. The molecule has 0 spiro atoms. The summed E-state index contributed by atoms with van der Waals surface area (Å²) in [5.41, 5.74) is 7.54. The quantitative estimate of drug-likeness (QED) is 0.838. The van der Waals surface area contributed by atoms with Crippen molar-refractivity contribution >= 4 is 5.82 Å². The summed E-state index contributed by atoms with van der Waals surface area (Å²) in [7, 11) is 0. The molecule has 0 atom stereocenters. The van der Waals surface area contributed by atoms with Gasteiger partial charge in [-0.3, -0.25) is 0 Å². The van der Waals surface area contributed by atoms with Crippen molar-refractivity contribution in [2.45, 2.75) is 71.3 Å². The van der Waals surface area contributed by atoms with Crippen molar-refractivity contribution in [2.75, 3.05) is 5.73 Å². The average molecular weight is 275 g/mol. The normalized spacial score (nSPS) is 23.8. The van der Waals surface area contributed by atoms with Crippen LogP contribution >= 0.6 is 0 Å². The number of nitrogens with zero attached hydrogens (tertiary/aromatic N) is 2. The largest absolute Gasteiger partial charge is 0.384 e. The summed E-state index contributed by atoms with van der Waals surface area (Å²) in [4.78, 5) is 4.94. The standard InChI is InChI=1S/C17H29N3/c1-6-11-20-15(18)14(19-16(20)17(3,4)5)13-9-7-12(2)8-10-13/h6,12-13H,1,7-11,18H2,2-5H3. The Morgan fingerprint density at radius 1 is 1.30 bits per heavy atom. The Labute approximate surface area is 123 Å². The van der Waals surface area contributed by atoms with Gasteiger partial charge < -0.3 is 10.3 Å². The average Bonchev–Trinajstić information content (AvgIpc) is 2.69. The van der Waals surface area contributed by atoms with Crippen LogP contribution in [-0.4, -0.2) is 9.55 Å². The van der Waals surface area contributed by atoms with Crippen LogP contribution in [0.4, 0.5) is 5.82 Å². The lowest BCUT2D eigenvalue weighted by atomic mass is 9.81. The molecule has 0 saturated heterocycles. The number of anilines is 1. The van der Waals surface area contributed by atoms with Crippen LogP contribution in [-0.2, 0) is 12.0 Å². The van der Waals surface area contributed by atoms with Crippen LogP contribution in [0.5, 0.6) is 0 Å². The molecule has 112 valence electrons. The number of rotatable bonds is 3. The van der Waals surface area contributed by atoms with E-state index in [0.29, 0.717) is 5.92 Å². The minimum Gasteiger partial charge on any atom is -0.384 e. The molecule has 0 amide bonds. The van der Waals surface area contributed by atoms with E-state index in [0.717, 1.165) is 29.8 Å². The van der Waals surface area contributed by atoms with E-state index >= 15 is 0 Å². The predicted octanol–water partition coefficient (Wildman–Crippen LogP) is 4.24. The Hall–Kier alpha value is -1.25. The summed E-state index contributed by atoms with van der Waals surface area (Å²) in [5.74, 6) is 3.33. The van der Waals surface area contributed by atoms with Crippen LogP contribution in [0.3, 0.4) is 0 Å². The Kier molecular flexibility index (Phi) is 4.26. The highest BCUT2D eigenvalue weighted by Gasteiger charge is 2.29. The van der Waals surface area contributed by atoms with E-state index in [9.17, 15) is 0 Å². The van der Waals surface area contributed by atoms with Crippen LogP contribution in [0, 0.1) is 5.92 Å². The summed E-state index contributed by atoms with van der Waals surface area (Å²) in [6.07, 6.45) is 6.94. The monoisotopic (exact) mass is 275 g/mol. The first-order valence-corrected chi connectivity index (χ1v) is 7.81. The minimum atomic E-state index is 0.0112. The molecular weight excluding hydrogens is 246 g/mol. The van der Waals surface area contributed by atoms with Gasteiger partial charge in [-0.2, -0.15) is 0 Å². The van der Waals surface area contributed by atoms with Crippen molar-refractivity contribution in [2.24, 2.45) is 5.92 Å². The molecule has 1 aromatic rings. The molecule has 2 N–H and O–H groups in total. The molecule has 1 fully saturated rings. The SMILES string of the molecule is C=CCn1c(C(C)(C)C)nc(C2CCC(C)CC2)c1N. The van der Waals surface area contributed by atoms with Gasteiger partial charge in [0.05, 0.1) is 5.69 Å². The van der Waals surface area contributed by atoms with Crippen LogP contribution in [0.15, 0.2) is 12.7 Å². The van der Waals surface area contributed by atoms with Crippen LogP contribution in [0.25, 0.3) is 0 Å². The van der Waals surface area contributed by atoms with Crippen molar-refractivity contribution in [3.8, 4) is 0 Å². The van der Waals surface area contributed by atoms with Crippen molar-refractivity contribution in [1.29, 1.82) is 0 Å². The Bertz CT molecular complexity index is 471. The number of allylic oxidation sites excluding steroid dienone is 1. The summed E-state index contributed by atoms with van der Waals surface area (Å²) < 4.78 is 2.14. The smallest absolute Gasteiger partial charge is 0.127 e. The van der Waals surface area contributed by atoms with Gasteiger partial charge in [0.2, 0.25) is 0 Å². The molecule has 20 heavy (non-hydrogen) atoms. The Morgan fingerprint density at radius 2 is 1.90 bits per heavy atom. The first-order chi connectivity index (χ1) is 9.34. The molecule has 1 heterocycles. The van der Waals surface area contributed by atoms with Crippen LogP contribution in [0.1, 0.15) is 70.8 Å². The van der Waals surface area contributed by atoms with E-state index in [-0.39, 0.29) is 5.41 Å². The summed E-state index contributed by atoms with van der Waals surface area (Å²) in [6.45, 7) is 13.5. The highest BCUT2D eigenvalue weighted by Crippen LogP contribution is 2.39. The molecule has 0 unspecified atom stereocenters. The topological polar surface area (TPSA) is 43.8 Å². The van der Waals surface area contributed by atoms with Gasteiger partial charge >= 0.3 is 0 Å². The zero-order valence-corrected chi connectivity index (χ0v) is 13.4. The highest BCUT2D eigenvalue weighted by molar-refractivity contribution is 5.42. The molecule has 1 aliphatic carbocycles. The van der Waals surface area contributed by atoms with Gasteiger partial charge in [0.1, 0.15) is 11.6 Å². The number of hydrogen-bond acceptors (Lipinski definition) is 2. The maximum absolute atomic E-state index is 6.41.